The van der Waals surface area contributed by atoms with E-state index in [2.05, 4.69) is 5.32 Å². The highest BCUT2D eigenvalue weighted by Crippen LogP contribution is 2.19. The van der Waals surface area contributed by atoms with Crippen LogP contribution in [0.25, 0.3) is 0 Å². The zero-order chi connectivity index (χ0) is 10.7. The minimum atomic E-state index is -1.14. The van der Waals surface area contributed by atoms with Crippen LogP contribution in [0.15, 0.2) is 0 Å². The zero-order valence-electron chi connectivity index (χ0n) is 8.06. The molecule has 0 spiro atoms. The van der Waals surface area contributed by atoms with E-state index in [-0.39, 0.29) is 6.04 Å². The summed E-state index contributed by atoms with van der Waals surface area (Å²) < 4.78 is 0. The fourth-order valence-corrected chi connectivity index (χ4v) is 1.53. The third-order valence-corrected chi connectivity index (χ3v) is 2.57. The van der Waals surface area contributed by atoms with Gasteiger partial charge in [0.25, 0.3) is 0 Å². The van der Waals surface area contributed by atoms with Crippen molar-refractivity contribution in [3.8, 4) is 0 Å². The fraction of sp³-hybridized carbons (Fsp3) is 0.778. The summed E-state index contributed by atoms with van der Waals surface area (Å²) >= 11 is 0. The summed E-state index contributed by atoms with van der Waals surface area (Å²) in [5.74, 6) is -2.72. The van der Waals surface area contributed by atoms with Crippen molar-refractivity contribution in [1.29, 1.82) is 0 Å². The molecule has 1 amide bonds. The molecule has 0 aromatic rings. The molecular weight excluding hydrogens is 186 g/mol. The number of carbonyl (C=O) groups excluding carboxylic acids is 1. The highest BCUT2D eigenvalue weighted by molar-refractivity contribution is 5.96. The molecule has 0 aromatic carbocycles. The Morgan fingerprint density at radius 3 is 2.50 bits per heavy atom. The number of amides is 1. The molecule has 1 rings (SSSR count). The van der Waals surface area contributed by atoms with Gasteiger partial charge < -0.3 is 15.5 Å². The normalized spacial score (nSPS) is 28.4. The summed E-state index contributed by atoms with van der Waals surface area (Å²) in [5.41, 5.74) is 0. The van der Waals surface area contributed by atoms with E-state index in [0.29, 0.717) is 6.42 Å². The molecule has 5 nitrogen and oxygen atoms in total. The Balaban J connectivity index is 2.44. The SMILES string of the molecule is CC(C(=O)O)C(=O)NC1CCCC1O. The Morgan fingerprint density at radius 1 is 1.43 bits per heavy atom. The predicted molar refractivity (Wildman–Crippen MR) is 48.6 cm³/mol. The van der Waals surface area contributed by atoms with E-state index in [9.17, 15) is 14.7 Å². The molecule has 0 aromatic heterocycles. The van der Waals surface area contributed by atoms with Crippen LogP contribution < -0.4 is 5.32 Å². The molecule has 3 atom stereocenters. The van der Waals surface area contributed by atoms with Gasteiger partial charge in [-0.05, 0) is 26.2 Å². The van der Waals surface area contributed by atoms with Gasteiger partial charge in [0.1, 0.15) is 5.92 Å². The molecule has 3 unspecified atom stereocenters. The van der Waals surface area contributed by atoms with E-state index in [1.165, 1.54) is 6.92 Å². The summed E-state index contributed by atoms with van der Waals surface area (Å²) in [6.07, 6.45) is 1.74. The first kappa shape index (κ1) is 11.0. The van der Waals surface area contributed by atoms with Crippen molar-refractivity contribution in [1.82, 2.24) is 5.32 Å². The number of carbonyl (C=O) groups is 2. The molecule has 3 N–H and O–H groups in total. The first-order valence-electron chi connectivity index (χ1n) is 4.73. The number of carboxylic acid groups (broad SMARTS) is 1. The summed E-state index contributed by atoms with van der Waals surface area (Å²) in [7, 11) is 0. The third-order valence-electron chi connectivity index (χ3n) is 2.57. The lowest BCUT2D eigenvalue weighted by Crippen LogP contribution is -2.44. The predicted octanol–water partition coefficient (Wildman–Crippen LogP) is -0.263. The molecule has 0 bridgehead atoms. The first-order valence-corrected chi connectivity index (χ1v) is 4.73. The molecule has 1 aliphatic carbocycles. The number of aliphatic hydroxyl groups is 1. The maximum Gasteiger partial charge on any atom is 0.315 e. The number of aliphatic hydroxyl groups excluding tert-OH is 1. The Morgan fingerprint density at radius 2 is 2.07 bits per heavy atom. The smallest absolute Gasteiger partial charge is 0.315 e. The molecular formula is C9H15NO4. The van der Waals surface area contributed by atoms with Gasteiger partial charge in [0.05, 0.1) is 12.1 Å². The number of hydrogen-bond acceptors (Lipinski definition) is 3. The second-order valence-electron chi connectivity index (χ2n) is 3.67. The van der Waals surface area contributed by atoms with Crippen molar-refractivity contribution < 1.29 is 19.8 Å². The average molecular weight is 201 g/mol. The van der Waals surface area contributed by atoms with Crippen molar-refractivity contribution >= 4 is 11.9 Å². The lowest BCUT2D eigenvalue weighted by molar-refractivity contribution is -0.146. The first-order chi connectivity index (χ1) is 6.52. The van der Waals surface area contributed by atoms with E-state index in [1.54, 1.807) is 0 Å². The van der Waals surface area contributed by atoms with Crippen LogP contribution >= 0.6 is 0 Å². The Hall–Kier alpha value is -1.10. The Labute approximate surface area is 82.1 Å². The molecule has 0 aliphatic heterocycles. The Bertz CT molecular complexity index is 241. The summed E-state index contributed by atoms with van der Waals surface area (Å²) in [4.78, 5) is 21.8. The summed E-state index contributed by atoms with van der Waals surface area (Å²) in [6.45, 7) is 1.33. The van der Waals surface area contributed by atoms with Crippen molar-refractivity contribution in [3.63, 3.8) is 0 Å². The van der Waals surface area contributed by atoms with Crippen LogP contribution in [0, 0.1) is 5.92 Å². The fourth-order valence-electron chi connectivity index (χ4n) is 1.53. The second-order valence-corrected chi connectivity index (χ2v) is 3.67. The van der Waals surface area contributed by atoms with Gasteiger partial charge in [-0.2, -0.15) is 0 Å². The molecule has 1 fully saturated rings. The number of aliphatic carboxylic acids is 1. The highest BCUT2D eigenvalue weighted by Gasteiger charge is 2.29. The van der Waals surface area contributed by atoms with Gasteiger partial charge in [-0.1, -0.05) is 0 Å². The topological polar surface area (TPSA) is 86.6 Å². The number of nitrogens with one attached hydrogen (secondary N) is 1. The monoisotopic (exact) mass is 201 g/mol. The second kappa shape index (κ2) is 4.41. The van der Waals surface area contributed by atoms with Crippen molar-refractivity contribution in [3.05, 3.63) is 0 Å². The van der Waals surface area contributed by atoms with Crippen LogP contribution in [-0.2, 0) is 9.59 Å². The van der Waals surface area contributed by atoms with Crippen molar-refractivity contribution in [2.24, 2.45) is 5.92 Å². The van der Waals surface area contributed by atoms with Crippen LogP contribution in [0.4, 0.5) is 0 Å². The van der Waals surface area contributed by atoms with Gasteiger partial charge in [0, 0.05) is 0 Å². The molecule has 80 valence electrons. The highest BCUT2D eigenvalue weighted by atomic mass is 16.4. The number of rotatable bonds is 3. The zero-order valence-corrected chi connectivity index (χ0v) is 8.06. The third kappa shape index (κ3) is 2.45. The van der Waals surface area contributed by atoms with E-state index in [4.69, 9.17) is 5.11 Å². The van der Waals surface area contributed by atoms with Gasteiger partial charge in [0.15, 0.2) is 0 Å². The maximum absolute atomic E-state index is 11.3. The lowest BCUT2D eigenvalue weighted by atomic mass is 10.1. The van der Waals surface area contributed by atoms with Crippen LogP contribution in [0.5, 0.6) is 0 Å². The molecule has 0 saturated heterocycles. The molecule has 5 heteroatoms. The molecule has 1 aliphatic rings. The summed E-state index contributed by atoms with van der Waals surface area (Å²) in [6, 6.07) is -0.274. The lowest BCUT2D eigenvalue weighted by Gasteiger charge is -2.17. The van der Waals surface area contributed by atoms with Crippen molar-refractivity contribution in [2.45, 2.75) is 38.3 Å². The van der Waals surface area contributed by atoms with Crippen LogP contribution in [-0.4, -0.2) is 34.2 Å². The van der Waals surface area contributed by atoms with E-state index < -0.39 is 23.9 Å². The standard InChI is InChI=1S/C9H15NO4/c1-5(9(13)14)8(12)10-6-3-2-4-7(6)11/h5-7,11H,2-4H2,1H3,(H,10,12)(H,13,14). The van der Waals surface area contributed by atoms with Crippen LogP contribution in [0.2, 0.25) is 0 Å². The maximum atomic E-state index is 11.3. The van der Waals surface area contributed by atoms with Gasteiger partial charge in [0.2, 0.25) is 5.91 Å². The van der Waals surface area contributed by atoms with Gasteiger partial charge in [-0.25, -0.2) is 0 Å². The molecule has 1 saturated carbocycles. The molecule has 0 heterocycles. The molecule has 14 heavy (non-hydrogen) atoms. The minimum Gasteiger partial charge on any atom is -0.481 e. The van der Waals surface area contributed by atoms with Crippen LogP contribution in [0.1, 0.15) is 26.2 Å². The average Bonchev–Trinajstić information content (AvgIpc) is 2.50. The van der Waals surface area contributed by atoms with E-state index >= 15 is 0 Å². The van der Waals surface area contributed by atoms with E-state index in [1.807, 2.05) is 0 Å². The van der Waals surface area contributed by atoms with Crippen LogP contribution in [0.3, 0.4) is 0 Å². The number of hydrogen-bond donors (Lipinski definition) is 3. The Kier molecular flexibility index (Phi) is 3.46. The number of carboxylic acids is 1. The van der Waals surface area contributed by atoms with Gasteiger partial charge >= 0.3 is 5.97 Å². The van der Waals surface area contributed by atoms with E-state index in [0.717, 1.165) is 12.8 Å². The van der Waals surface area contributed by atoms with Gasteiger partial charge in [-0.3, -0.25) is 9.59 Å². The summed E-state index contributed by atoms with van der Waals surface area (Å²) in [5, 5.41) is 20.5. The van der Waals surface area contributed by atoms with Crippen molar-refractivity contribution in [2.75, 3.05) is 0 Å². The van der Waals surface area contributed by atoms with Gasteiger partial charge in [-0.15, -0.1) is 0 Å². The molecule has 0 radical (unpaired) electrons. The minimum absolute atomic E-state index is 0.274. The quantitative estimate of drug-likeness (QED) is 0.549. The largest absolute Gasteiger partial charge is 0.481 e.